The molecule has 1 heterocycles. The molecular formula is C13H18N4O3. The smallest absolute Gasteiger partial charge is 0.293 e. The van der Waals surface area contributed by atoms with Gasteiger partial charge in [-0.15, -0.1) is 0 Å². The molecule has 7 nitrogen and oxygen atoms in total. The van der Waals surface area contributed by atoms with Gasteiger partial charge in [0.2, 0.25) is 5.91 Å². The molecule has 1 unspecified atom stereocenters. The molecule has 0 aliphatic carbocycles. The van der Waals surface area contributed by atoms with Gasteiger partial charge < -0.3 is 10.3 Å². The van der Waals surface area contributed by atoms with E-state index in [1.165, 1.54) is 6.07 Å². The fraction of sp³-hybridized carbons (Fsp3) is 0.462. The van der Waals surface area contributed by atoms with Gasteiger partial charge in [-0.05, 0) is 12.8 Å². The monoisotopic (exact) mass is 278 g/mol. The Hall–Kier alpha value is -2.15. The summed E-state index contributed by atoms with van der Waals surface area (Å²) >= 11 is 0. The van der Waals surface area contributed by atoms with E-state index in [4.69, 9.17) is 5.84 Å². The van der Waals surface area contributed by atoms with E-state index in [0.717, 1.165) is 12.8 Å². The molecular weight excluding hydrogens is 260 g/mol. The predicted octanol–water partition coefficient (Wildman–Crippen LogP) is 1.64. The quantitative estimate of drug-likeness (QED) is 0.495. The van der Waals surface area contributed by atoms with Gasteiger partial charge in [-0.1, -0.05) is 19.1 Å². The summed E-state index contributed by atoms with van der Waals surface area (Å²) in [7, 11) is 0. The number of hydrogen-bond donors (Lipinski definition) is 2. The van der Waals surface area contributed by atoms with Crippen molar-refractivity contribution in [3.8, 4) is 0 Å². The molecule has 7 heteroatoms. The van der Waals surface area contributed by atoms with Gasteiger partial charge in [-0.3, -0.25) is 20.8 Å². The first kappa shape index (κ1) is 14.3. The lowest BCUT2D eigenvalue weighted by atomic mass is 9.98. The van der Waals surface area contributed by atoms with E-state index in [9.17, 15) is 14.9 Å². The number of amides is 1. The normalized spacial score (nSPS) is 19.0. The largest absolute Gasteiger partial charge is 0.338 e. The number of likely N-dealkylation sites (tertiary alicyclic amines) is 1. The van der Waals surface area contributed by atoms with E-state index in [1.807, 2.05) is 6.92 Å². The van der Waals surface area contributed by atoms with Crippen molar-refractivity contribution in [2.75, 3.05) is 12.0 Å². The molecule has 0 aromatic heterocycles. The second kappa shape index (κ2) is 5.87. The van der Waals surface area contributed by atoms with E-state index in [1.54, 1.807) is 17.0 Å². The Morgan fingerprint density at radius 1 is 1.55 bits per heavy atom. The van der Waals surface area contributed by atoms with Crippen molar-refractivity contribution >= 4 is 17.3 Å². The zero-order valence-corrected chi connectivity index (χ0v) is 11.3. The Bertz CT molecular complexity index is 532. The lowest BCUT2D eigenvalue weighted by Gasteiger charge is -2.31. The van der Waals surface area contributed by atoms with Crippen LogP contribution in [0.25, 0.3) is 0 Å². The molecule has 1 aromatic rings. The van der Waals surface area contributed by atoms with Crippen LogP contribution in [0.3, 0.4) is 0 Å². The predicted molar refractivity (Wildman–Crippen MR) is 74.7 cm³/mol. The van der Waals surface area contributed by atoms with Gasteiger partial charge in [0, 0.05) is 30.6 Å². The number of rotatable bonds is 4. The van der Waals surface area contributed by atoms with Gasteiger partial charge in [-0.2, -0.15) is 0 Å². The van der Waals surface area contributed by atoms with Crippen molar-refractivity contribution in [1.29, 1.82) is 0 Å². The molecule has 20 heavy (non-hydrogen) atoms. The Morgan fingerprint density at radius 3 is 2.95 bits per heavy atom. The fourth-order valence-electron chi connectivity index (χ4n) is 2.53. The summed E-state index contributed by atoms with van der Waals surface area (Å²) in [5.41, 5.74) is 3.22. The number of anilines is 1. The number of para-hydroxylation sites is 1. The third-order valence-electron chi connectivity index (χ3n) is 3.63. The van der Waals surface area contributed by atoms with Gasteiger partial charge in [0.1, 0.15) is 5.69 Å². The molecule has 1 saturated heterocycles. The number of nitro groups is 1. The summed E-state index contributed by atoms with van der Waals surface area (Å²) in [4.78, 5) is 24.3. The number of piperidine rings is 1. The van der Waals surface area contributed by atoms with Crippen LogP contribution in [0.2, 0.25) is 0 Å². The van der Waals surface area contributed by atoms with Crippen molar-refractivity contribution in [1.82, 2.24) is 4.90 Å². The number of nitrogens with one attached hydrogen (secondary N) is 1. The van der Waals surface area contributed by atoms with Crippen molar-refractivity contribution in [3.63, 3.8) is 0 Å². The highest BCUT2D eigenvalue weighted by Gasteiger charge is 2.26. The standard InChI is InChI=1S/C13H18N4O3/c1-9-4-3-7-16(13(9)18)8-10-5-2-6-11(17(19)20)12(10)15-14/h2,5-6,9,15H,3-4,7-8,14H2,1H3. The summed E-state index contributed by atoms with van der Waals surface area (Å²) in [6.45, 7) is 2.92. The third kappa shape index (κ3) is 2.72. The maximum atomic E-state index is 12.1. The molecule has 1 fully saturated rings. The van der Waals surface area contributed by atoms with Gasteiger partial charge in [0.15, 0.2) is 0 Å². The second-order valence-corrected chi connectivity index (χ2v) is 5.02. The zero-order valence-electron chi connectivity index (χ0n) is 11.3. The Balaban J connectivity index is 2.27. The molecule has 108 valence electrons. The molecule has 1 aliphatic rings. The number of nitro benzene ring substituents is 1. The first-order valence-corrected chi connectivity index (χ1v) is 6.56. The highest BCUT2D eigenvalue weighted by molar-refractivity contribution is 5.79. The highest BCUT2D eigenvalue weighted by atomic mass is 16.6. The molecule has 1 aliphatic heterocycles. The van der Waals surface area contributed by atoms with Gasteiger partial charge in [0.05, 0.1) is 4.92 Å². The zero-order chi connectivity index (χ0) is 14.7. The summed E-state index contributed by atoms with van der Waals surface area (Å²) in [5.74, 6) is 5.50. The van der Waals surface area contributed by atoms with E-state index in [0.29, 0.717) is 18.7 Å². The number of carbonyl (C=O) groups is 1. The number of nitrogens with zero attached hydrogens (tertiary/aromatic N) is 2. The third-order valence-corrected chi connectivity index (χ3v) is 3.63. The van der Waals surface area contributed by atoms with Crippen LogP contribution in [-0.2, 0) is 11.3 Å². The van der Waals surface area contributed by atoms with Crippen LogP contribution < -0.4 is 11.3 Å². The van der Waals surface area contributed by atoms with Gasteiger partial charge in [-0.25, -0.2) is 0 Å². The maximum absolute atomic E-state index is 12.1. The first-order valence-electron chi connectivity index (χ1n) is 6.56. The minimum atomic E-state index is -0.487. The number of benzene rings is 1. The molecule has 1 amide bonds. The number of nitrogens with two attached hydrogens (primary N) is 1. The summed E-state index contributed by atoms with van der Waals surface area (Å²) in [6.07, 6.45) is 1.85. The molecule has 3 N–H and O–H groups in total. The topological polar surface area (TPSA) is 102 Å². The van der Waals surface area contributed by atoms with E-state index in [-0.39, 0.29) is 23.2 Å². The lowest BCUT2D eigenvalue weighted by Crippen LogP contribution is -2.39. The van der Waals surface area contributed by atoms with Gasteiger partial charge in [0.25, 0.3) is 5.69 Å². The fourth-order valence-corrected chi connectivity index (χ4v) is 2.53. The summed E-state index contributed by atoms with van der Waals surface area (Å²) in [5, 5.41) is 11.0. The Morgan fingerprint density at radius 2 is 2.30 bits per heavy atom. The second-order valence-electron chi connectivity index (χ2n) is 5.02. The summed E-state index contributed by atoms with van der Waals surface area (Å²) in [6, 6.07) is 4.74. The van der Waals surface area contributed by atoms with Crippen LogP contribution in [-0.4, -0.2) is 22.3 Å². The molecule has 2 rings (SSSR count). The average Bonchev–Trinajstić information content (AvgIpc) is 2.43. The average molecular weight is 278 g/mol. The number of carbonyl (C=O) groups excluding carboxylic acids is 1. The number of hydrazine groups is 1. The summed E-state index contributed by atoms with van der Waals surface area (Å²) < 4.78 is 0. The van der Waals surface area contributed by atoms with Crippen LogP contribution in [0.4, 0.5) is 11.4 Å². The van der Waals surface area contributed by atoms with Gasteiger partial charge >= 0.3 is 0 Å². The van der Waals surface area contributed by atoms with E-state index < -0.39 is 4.92 Å². The van der Waals surface area contributed by atoms with Crippen molar-refractivity contribution in [2.24, 2.45) is 11.8 Å². The number of hydrogen-bond acceptors (Lipinski definition) is 5. The lowest BCUT2D eigenvalue weighted by molar-refractivity contribution is -0.384. The van der Waals surface area contributed by atoms with Crippen molar-refractivity contribution in [2.45, 2.75) is 26.3 Å². The highest BCUT2D eigenvalue weighted by Crippen LogP contribution is 2.29. The van der Waals surface area contributed by atoms with Crippen LogP contribution >= 0.6 is 0 Å². The van der Waals surface area contributed by atoms with Crippen molar-refractivity contribution < 1.29 is 9.72 Å². The van der Waals surface area contributed by atoms with E-state index in [2.05, 4.69) is 5.43 Å². The molecule has 0 radical (unpaired) electrons. The SMILES string of the molecule is CC1CCCN(Cc2cccc([N+](=O)[O-])c2NN)C1=O. The Labute approximate surface area is 116 Å². The van der Waals surface area contributed by atoms with Crippen LogP contribution in [0.5, 0.6) is 0 Å². The van der Waals surface area contributed by atoms with Crippen LogP contribution in [0.15, 0.2) is 18.2 Å². The van der Waals surface area contributed by atoms with Crippen LogP contribution in [0, 0.1) is 16.0 Å². The first-order chi connectivity index (χ1) is 9.54. The molecule has 0 spiro atoms. The van der Waals surface area contributed by atoms with E-state index >= 15 is 0 Å². The Kier molecular flexibility index (Phi) is 4.19. The van der Waals surface area contributed by atoms with Crippen molar-refractivity contribution in [3.05, 3.63) is 33.9 Å². The molecule has 0 saturated carbocycles. The molecule has 1 aromatic carbocycles. The molecule has 0 bridgehead atoms. The molecule has 1 atom stereocenters. The van der Waals surface area contributed by atoms with Crippen LogP contribution in [0.1, 0.15) is 25.3 Å². The minimum absolute atomic E-state index is 0.0109. The number of nitrogen functional groups attached to an aromatic ring is 1. The maximum Gasteiger partial charge on any atom is 0.293 e. The minimum Gasteiger partial charge on any atom is -0.338 e.